The van der Waals surface area contributed by atoms with Crippen LogP contribution in [0.3, 0.4) is 0 Å². The molecule has 0 aliphatic rings. The maximum atomic E-state index is 9.98. The number of nitrogens with one attached hydrogen (secondary N) is 1. The van der Waals surface area contributed by atoms with Crippen LogP contribution in [-0.4, -0.2) is 31.8 Å². The van der Waals surface area contributed by atoms with Gasteiger partial charge in [0.2, 0.25) is 0 Å². The van der Waals surface area contributed by atoms with Gasteiger partial charge in [-0.1, -0.05) is 0 Å². The van der Waals surface area contributed by atoms with Gasteiger partial charge in [-0.2, -0.15) is 0 Å². The number of rotatable bonds is 4. The van der Waals surface area contributed by atoms with E-state index in [1.54, 1.807) is 7.05 Å². The van der Waals surface area contributed by atoms with Gasteiger partial charge in [0.15, 0.2) is 0 Å². The summed E-state index contributed by atoms with van der Waals surface area (Å²) in [5.74, 6) is 0.486. The number of hydrogen-bond donors (Lipinski definition) is 1. The van der Waals surface area contributed by atoms with E-state index >= 15 is 0 Å². The van der Waals surface area contributed by atoms with E-state index in [2.05, 4.69) is 24.1 Å². The summed E-state index contributed by atoms with van der Waals surface area (Å²) in [6.07, 6.45) is 9.72. The van der Waals surface area contributed by atoms with Gasteiger partial charge in [0.1, 0.15) is 0 Å². The van der Waals surface area contributed by atoms with Gasteiger partial charge in [-0.15, -0.1) is 44.8 Å². The second kappa shape index (κ2) is 37.6. The fourth-order valence-electron chi connectivity index (χ4n) is 0.161. The monoisotopic (exact) mass is 579 g/mol. The average molecular weight is 580 g/mol. The minimum atomic E-state index is -1.06. The van der Waals surface area contributed by atoms with Gasteiger partial charge >= 0.3 is 0 Å². The van der Waals surface area contributed by atoms with E-state index in [9.17, 15) is 8.42 Å². The van der Waals surface area contributed by atoms with Crippen LogP contribution in [0.15, 0.2) is 0 Å². The average Bonchev–Trinajstić information content (AvgIpc) is 2.19. The third kappa shape index (κ3) is 70.7. The molecule has 0 aromatic heterocycles. The zero-order chi connectivity index (χ0) is 12.7. The van der Waals surface area contributed by atoms with Crippen LogP contribution in [0.1, 0.15) is 0 Å². The quantitative estimate of drug-likeness (QED) is 0.410. The maximum Gasteiger partial charge on any atom is 0.0676 e. The van der Waals surface area contributed by atoms with Crippen LogP contribution in [0.5, 0.6) is 0 Å². The molecule has 2 atom stereocenters. The first-order valence-corrected chi connectivity index (χ1v) is 8.65. The molecule has 2 unspecified atom stereocenters. The maximum absolute atomic E-state index is 9.98. The van der Waals surface area contributed by atoms with Crippen molar-refractivity contribution in [2.75, 3.05) is 23.3 Å². The first-order valence-electron chi connectivity index (χ1n) is 3.45. The van der Waals surface area contributed by atoms with Crippen LogP contribution in [-0.2, 0) is 120 Å². The van der Waals surface area contributed by atoms with E-state index in [0.717, 1.165) is 0 Å². The minimum Gasteiger partial charge on any atom is -0.339 e. The Morgan fingerprint density at radius 3 is 1.39 bits per heavy atom. The molecule has 18 heavy (non-hydrogen) atoms. The Morgan fingerprint density at radius 2 is 1.39 bits per heavy atom. The second-order valence-electron chi connectivity index (χ2n) is 1.80. The van der Waals surface area contributed by atoms with Gasteiger partial charge in [0.05, 0.1) is 5.21 Å². The predicted molar refractivity (Wildman–Crippen MR) is 75.3 cm³/mol. The molecule has 1 N–H and O–H groups in total. The Bertz CT molecular complexity index is 171. The first-order chi connectivity index (χ1) is 6.95. The summed E-state index contributed by atoms with van der Waals surface area (Å²) in [6, 6.07) is 0. The van der Waals surface area contributed by atoms with Crippen LogP contribution in [0.4, 0.5) is 0 Å². The summed E-state index contributed by atoms with van der Waals surface area (Å²) in [5.41, 5.74) is 0. The summed E-state index contributed by atoms with van der Waals surface area (Å²) in [7, 11) is -0.245. The van der Waals surface area contributed by atoms with Crippen molar-refractivity contribution in [3.8, 4) is 0 Å². The van der Waals surface area contributed by atoms with E-state index < -0.39 is 21.6 Å². The van der Waals surface area contributed by atoms with E-state index in [-0.39, 0.29) is 103 Å². The third-order valence-electron chi connectivity index (χ3n) is 0.504. The Labute approximate surface area is 206 Å². The summed E-state index contributed by atoms with van der Waals surface area (Å²) < 4.78 is 19.7. The van der Waals surface area contributed by atoms with Crippen molar-refractivity contribution in [3.63, 3.8) is 0 Å². The summed E-state index contributed by atoms with van der Waals surface area (Å²) in [5, 5.41) is 3.44. The molecule has 105 valence electrons. The molecular formula is C7H16Cl2NO2S3Y3-3. The molecule has 0 aromatic carbocycles. The molecule has 11 heteroatoms. The molecule has 0 fully saturated rings. The van der Waals surface area contributed by atoms with Gasteiger partial charge in [0.25, 0.3) is 0 Å². The molecule has 3 nitrogen and oxygen atoms in total. The molecular weight excluding hydrogens is 564 g/mol. The first kappa shape index (κ1) is 38.2. The fourth-order valence-corrected chi connectivity index (χ4v) is 0.483. The molecule has 0 saturated heterocycles. The van der Waals surface area contributed by atoms with Crippen LogP contribution in [0, 0.1) is 18.8 Å². The number of thioether (sulfide) groups is 1. The van der Waals surface area contributed by atoms with Crippen LogP contribution >= 0.6 is 35.0 Å². The Kier molecular flexibility index (Phi) is 79.8. The molecule has 0 spiro atoms. The number of hydrogen-bond acceptors (Lipinski definition) is 4. The zero-order valence-electron chi connectivity index (χ0n) is 10.3. The van der Waals surface area contributed by atoms with Gasteiger partial charge in [-0.25, -0.2) is 0 Å². The molecule has 0 bridgehead atoms. The minimum absolute atomic E-state index is 0. The van der Waals surface area contributed by atoms with E-state index in [4.69, 9.17) is 23.2 Å². The topological polar surface area (TPSA) is 46.2 Å². The van der Waals surface area contributed by atoms with E-state index in [0.29, 0.717) is 11.1 Å². The largest absolute Gasteiger partial charge is 0.339 e. The van der Waals surface area contributed by atoms with Crippen molar-refractivity contribution in [2.45, 2.75) is 0 Å². The normalized spacial score (nSPS) is 10.6. The zero-order valence-corrected chi connectivity index (χ0v) is 22.7. The van der Waals surface area contributed by atoms with Crippen molar-refractivity contribution in [3.05, 3.63) is 18.8 Å². The number of alkyl halides is 2. The predicted octanol–water partition coefficient (Wildman–Crippen LogP) is 2.13. The summed E-state index contributed by atoms with van der Waals surface area (Å²) in [4.78, 5) is 0. The SMILES string of the molecule is [CH2-]S(=O)CCl.[CH2-]S(=O)CNC.[CH2-]SCCl.[Y].[Y].[Y]. The van der Waals surface area contributed by atoms with Gasteiger partial charge in [-0.05, 0) is 7.05 Å². The molecule has 0 aromatic rings. The Balaban J connectivity index is -0.0000000282. The Morgan fingerprint density at radius 1 is 1.11 bits per heavy atom. The fraction of sp³-hybridized carbons (Fsp3) is 0.571. The molecule has 3 radical (unpaired) electrons. The van der Waals surface area contributed by atoms with Crippen molar-refractivity contribution >= 4 is 56.6 Å². The van der Waals surface area contributed by atoms with Crippen molar-refractivity contribution in [1.82, 2.24) is 5.32 Å². The second-order valence-corrected chi connectivity index (χ2v) is 6.00. The van der Waals surface area contributed by atoms with E-state index in [1.807, 2.05) is 0 Å². The summed E-state index contributed by atoms with van der Waals surface area (Å²) >= 11 is 11.4. The van der Waals surface area contributed by atoms with Gasteiger partial charge < -0.3 is 17.1 Å². The van der Waals surface area contributed by atoms with Crippen LogP contribution in [0.2, 0.25) is 0 Å². The summed E-state index contributed by atoms with van der Waals surface area (Å²) in [6.45, 7) is 0. The molecule has 0 aliphatic carbocycles. The molecule has 0 rings (SSSR count). The van der Waals surface area contributed by atoms with Crippen LogP contribution in [0.25, 0.3) is 0 Å². The van der Waals surface area contributed by atoms with Crippen LogP contribution < -0.4 is 5.32 Å². The molecule has 0 amide bonds. The standard InChI is InChI=1S/C3H8NOS.C2H4ClOS.C2H4ClS.3Y/c1-4-3-6(2)5;1-5(4)2-3;1-4-2-3;;;/h4H,2-3H2,1H3;1-2H2;1-2H2;;;/q3*-1;;;. The van der Waals surface area contributed by atoms with Crippen molar-refractivity contribution < 1.29 is 107 Å². The smallest absolute Gasteiger partial charge is 0.0676 e. The Hall–Kier alpha value is 4.50. The molecule has 0 heterocycles. The molecule has 0 aliphatic heterocycles. The van der Waals surface area contributed by atoms with Gasteiger partial charge in [0, 0.05) is 109 Å². The molecule has 0 saturated carbocycles. The van der Waals surface area contributed by atoms with Crippen molar-refractivity contribution in [2.24, 2.45) is 0 Å². The van der Waals surface area contributed by atoms with Gasteiger partial charge in [-0.3, -0.25) is 27.2 Å². The van der Waals surface area contributed by atoms with Crippen molar-refractivity contribution in [1.29, 1.82) is 0 Å². The van der Waals surface area contributed by atoms with E-state index in [1.165, 1.54) is 11.8 Å². The third-order valence-corrected chi connectivity index (χ3v) is 2.71. The number of halogens is 2.